The number of thioether (sulfide) groups is 1. The summed E-state index contributed by atoms with van der Waals surface area (Å²) in [6.07, 6.45) is 7.33. The minimum atomic E-state index is 0.160. The predicted molar refractivity (Wildman–Crippen MR) is 192 cm³/mol. The molecule has 0 spiro atoms. The van der Waals surface area contributed by atoms with Gasteiger partial charge in [-0.3, -0.25) is 0 Å². The number of hydrogen-bond acceptors (Lipinski definition) is 2. The number of rotatable bonds is 2. The maximum Gasteiger partial charge on any atom is 0.0387 e. The monoisotopic (exact) mass is 606 g/mol. The summed E-state index contributed by atoms with van der Waals surface area (Å²) in [6.45, 7) is 13.7. The van der Waals surface area contributed by atoms with Gasteiger partial charge in [-0.25, -0.2) is 0 Å². The molecule has 0 radical (unpaired) electrons. The van der Waals surface area contributed by atoms with Crippen LogP contribution >= 0.6 is 23.5 Å². The van der Waals surface area contributed by atoms with E-state index in [1.165, 1.54) is 75.5 Å². The van der Waals surface area contributed by atoms with Crippen molar-refractivity contribution in [3.63, 3.8) is 0 Å². The third kappa shape index (κ3) is 4.61. The number of allylic oxidation sites excluding steroid dienone is 3. The summed E-state index contributed by atoms with van der Waals surface area (Å²) in [4.78, 5) is 4.16. The fourth-order valence-electron chi connectivity index (χ4n) is 7.00. The molecule has 1 aliphatic carbocycles. The molecule has 2 heteroatoms. The van der Waals surface area contributed by atoms with Gasteiger partial charge in [-0.15, -0.1) is 11.8 Å². The van der Waals surface area contributed by atoms with Crippen LogP contribution < -0.4 is 0 Å². The van der Waals surface area contributed by atoms with E-state index in [1.54, 1.807) is 0 Å². The molecular weight excluding hydrogens is 569 g/mol. The second-order valence-corrected chi connectivity index (χ2v) is 16.9. The topological polar surface area (TPSA) is 0 Å². The van der Waals surface area contributed by atoms with E-state index in [1.807, 2.05) is 23.5 Å². The lowest BCUT2D eigenvalue weighted by Gasteiger charge is -2.24. The lowest BCUT2D eigenvalue weighted by Crippen LogP contribution is -2.11. The molecule has 0 saturated heterocycles. The quantitative estimate of drug-likeness (QED) is 0.192. The summed E-state index contributed by atoms with van der Waals surface area (Å²) in [5, 5.41) is 3.26. The van der Waals surface area contributed by atoms with Crippen LogP contribution in [0.25, 0.3) is 38.6 Å². The van der Waals surface area contributed by atoms with Crippen molar-refractivity contribution in [2.45, 2.75) is 78.2 Å². The van der Waals surface area contributed by atoms with Crippen LogP contribution in [0.2, 0.25) is 0 Å². The first kappa shape index (κ1) is 28.0. The lowest BCUT2D eigenvalue weighted by molar-refractivity contribution is 0.590. The minimum Gasteiger partial charge on any atom is -0.117 e. The third-order valence-corrected chi connectivity index (χ3v) is 12.0. The van der Waals surface area contributed by atoms with Gasteiger partial charge in [-0.1, -0.05) is 144 Å². The van der Waals surface area contributed by atoms with Crippen molar-refractivity contribution in [1.29, 1.82) is 0 Å². The van der Waals surface area contributed by atoms with Gasteiger partial charge in [0.25, 0.3) is 0 Å². The number of hydrogen-bond donors (Lipinski definition) is 0. The van der Waals surface area contributed by atoms with Crippen molar-refractivity contribution in [1.82, 2.24) is 0 Å². The molecule has 3 aliphatic rings. The fraction of sp³-hybridized carbons (Fsp3) is 0.238. The Bertz CT molecular complexity index is 2010. The summed E-state index contributed by atoms with van der Waals surface area (Å²) in [7, 11) is 0. The molecule has 0 N–H and O–H groups in total. The van der Waals surface area contributed by atoms with Crippen molar-refractivity contribution in [2.75, 3.05) is 0 Å². The Balaban J connectivity index is 1.16. The molecule has 0 bridgehead atoms. The molecule has 0 fully saturated rings. The molecule has 5 aromatic carbocycles. The Hall–Kier alpha value is -3.46. The van der Waals surface area contributed by atoms with Gasteiger partial charge >= 0.3 is 0 Å². The summed E-state index contributed by atoms with van der Waals surface area (Å²) in [6, 6.07) is 34.8. The number of benzene rings is 5. The molecule has 5 aromatic rings. The van der Waals surface area contributed by atoms with E-state index in [0.717, 1.165) is 0 Å². The van der Waals surface area contributed by atoms with Gasteiger partial charge in [0.2, 0.25) is 0 Å². The van der Waals surface area contributed by atoms with Crippen molar-refractivity contribution in [3.8, 4) is 22.3 Å². The van der Waals surface area contributed by atoms with Gasteiger partial charge in [-0.05, 0) is 84.5 Å². The van der Waals surface area contributed by atoms with Crippen LogP contribution in [-0.4, -0.2) is 5.25 Å². The Morgan fingerprint density at radius 3 is 1.93 bits per heavy atom. The molecule has 2 unspecified atom stereocenters. The Morgan fingerprint density at radius 2 is 1.25 bits per heavy atom. The molecule has 0 nitrogen and oxygen atoms in total. The summed E-state index contributed by atoms with van der Waals surface area (Å²) in [5.74, 6) is 0.404. The van der Waals surface area contributed by atoms with Crippen LogP contribution in [0, 0.1) is 0 Å². The Labute approximate surface area is 270 Å². The molecule has 218 valence electrons. The zero-order valence-corrected chi connectivity index (χ0v) is 28.0. The van der Waals surface area contributed by atoms with E-state index in [0.29, 0.717) is 11.2 Å². The second kappa shape index (κ2) is 10.0. The van der Waals surface area contributed by atoms with Crippen LogP contribution in [-0.2, 0) is 10.8 Å². The first-order chi connectivity index (χ1) is 21.0. The first-order valence-electron chi connectivity index (χ1n) is 15.7. The average Bonchev–Trinajstić information content (AvgIpc) is 3.38. The molecule has 0 aromatic heterocycles. The molecule has 44 heavy (non-hydrogen) atoms. The normalized spacial score (nSPS) is 18.5. The van der Waals surface area contributed by atoms with Crippen LogP contribution in [0.3, 0.4) is 0 Å². The molecule has 0 amide bonds. The molecule has 2 atom stereocenters. The summed E-state index contributed by atoms with van der Waals surface area (Å²) < 4.78 is 0. The van der Waals surface area contributed by atoms with E-state index in [-0.39, 0.29) is 10.8 Å². The maximum atomic E-state index is 2.51. The second-order valence-electron chi connectivity index (χ2n) is 14.6. The average molecular weight is 607 g/mol. The highest BCUT2D eigenvalue weighted by Crippen LogP contribution is 2.57. The summed E-state index contributed by atoms with van der Waals surface area (Å²) >= 11 is 3.97. The first-order valence-corrected chi connectivity index (χ1v) is 17.4. The highest BCUT2D eigenvalue weighted by atomic mass is 32.2. The zero-order valence-electron chi connectivity index (χ0n) is 26.4. The molecule has 2 aliphatic heterocycles. The minimum absolute atomic E-state index is 0.160. The molecule has 2 heterocycles. The highest BCUT2D eigenvalue weighted by molar-refractivity contribution is 8.00. The van der Waals surface area contributed by atoms with Crippen LogP contribution in [0.4, 0.5) is 0 Å². The molecular formula is C42H38S2. The van der Waals surface area contributed by atoms with Crippen molar-refractivity contribution in [2.24, 2.45) is 0 Å². The smallest absolute Gasteiger partial charge is 0.0387 e. The largest absolute Gasteiger partial charge is 0.117 e. The van der Waals surface area contributed by atoms with Gasteiger partial charge < -0.3 is 0 Å². The van der Waals surface area contributed by atoms with E-state index < -0.39 is 0 Å². The number of fused-ring (bicyclic) bond motifs is 6. The van der Waals surface area contributed by atoms with E-state index in [9.17, 15) is 0 Å². The van der Waals surface area contributed by atoms with Crippen LogP contribution in [0.1, 0.15) is 69.7 Å². The summed E-state index contributed by atoms with van der Waals surface area (Å²) in [5.41, 5.74) is 12.5. The Kier molecular flexibility index (Phi) is 6.39. The van der Waals surface area contributed by atoms with Gasteiger partial charge in [-0.2, -0.15) is 0 Å². The maximum absolute atomic E-state index is 2.51. The third-order valence-electron chi connectivity index (χ3n) is 9.56. The van der Waals surface area contributed by atoms with Crippen molar-refractivity contribution < 1.29 is 0 Å². The predicted octanol–water partition coefficient (Wildman–Crippen LogP) is 12.4. The van der Waals surface area contributed by atoms with Gasteiger partial charge in [0, 0.05) is 31.2 Å². The zero-order chi connectivity index (χ0) is 30.4. The SMILES string of the molecule is CC(C)(C)c1ccc(C2=CC3Sc4cc5c6c(cccc6c4C3C=C2)Sc2cc(-c3ccc(C(C)(C)C)cc3)ccc2-5)cc1. The molecule has 8 rings (SSSR count). The van der Waals surface area contributed by atoms with Crippen molar-refractivity contribution in [3.05, 3.63) is 131 Å². The van der Waals surface area contributed by atoms with Crippen LogP contribution in [0.5, 0.6) is 0 Å². The van der Waals surface area contributed by atoms with Gasteiger partial charge in [0.1, 0.15) is 0 Å². The lowest BCUT2D eigenvalue weighted by atomic mass is 9.83. The Morgan fingerprint density at radius 1 is 0.591 bits per heavy atom. The van der Waals surface area contributed by atoms with E-state index >= 15 is 0 Å². The van der Waals surface area contributed by atoms with Crippen LogP contribution in [0.15, 0.2) is 124 Å². The van der Waals surface area contributed by atoms with Crippen molar-refractivity contribution >= 4 is 39.9 Å². The highest BCUT2D eigenvalue weighted by Gasteiger charge is 2.36. The fourth-order valence-corrected chi connectivity index (χ4v) is 9.62. The van der Waals surface area contributed by atoms with Gasteiger partial charge in [0.15, 0.2) is 0 Å². The molecule has 0 saturated carbocycles. The van der Waals surface area contributed by atoms with Gasteiger partial charge in [0.05, 0.1) is 0 Å². The van der Waals surface area contributed by atoms with E-state index in [2.05, 4.69) is 151 Å². The standard InChI is InChI=1S/C42H38S2/c1-41(2,3)29-16-10-25(11-17-29)27-14-20-31-34-24-38-39(33-8-7-9-35(40(33)34)43-36(31)22-27)32-21-15-28(23-37(32)44-38)26-12-18-30(19-13-26)42(4,5)6/h7-24,32,37H,1-6H3. The van der Waals surface area contributed by atoms with E-state index in [4.69, 9.17) is 0 Å².